The Balaban J connectivity index is 1.34. The minimum Gasteiger partial charge on any atom is -0.307 e. The summed E-state index contributed by atoms with van der Waals surface area (Å²) in [7, 11) is 0. The van der Waals surface area contributed by atoms with E-state index in [2.05, 4.69) is 88.3 Å². The fraction of sp³-hybridized carbons (Fsp3) is 0. The van der Waals surface area contributed by atoms with Crippen molar-refractivity contribution in [2.24, 2.45) is 0 Å². The Labute approximate surface area is 254 Å². The van der Waals surface area contributed by atoms with Crippen molar-refractivity contribution in [1.29, 1.82) is 5.26 Å². The lowest BCUT2D eigenvalue weighted by Gasteiger charge is -2.16. The maximum Gasteiger partial charge on any atom is 0.188 e. The SMILES string of the molecule is [C-]#[N+]c1ccc2c(c1)c1ccccc1n2-c1c(C#N)cccc1-c1ccc2sc3c(ccc4c5ccccc5sc43)c2c1. The molecule has 5 heteroatoms. The van der Waals surface area contributed by atoms with E-state index in [9.17, 15) is 5.26 Å². The molecule has 0 aliphatic heterocycles. The lowest BCUT2D eigenvalue weighted by molar-refractivity contribution is 1.17. The Morgan fingerprint density at radius 1 is 0.605 bits per heavy atom. The van der Waals surface area contributed by atoms with Gasteiger partial charge in [-0.1, -0.05) is 72.8 Å². The first kappa shape index (κ1) is 24.2. The second-order valence-electron chi connectivity index (χ2n) is 10.7. The zero-order valence-corrected chi connectivity index (χ0v) is 24.3. The molecule has 6 aromatic carbocycles. The molecule has 0 radical (unpaired) electrons. The van der Waals surface area contributed by atoms with Crippen molar-refractivity contribution >= 4 is 90.5 Å². The summed E-state index contributed by atoms with van der Waals surface area (Å²) in [5, 5.41) is 17.6. The van der Waals surface area contributed by atoms with Crippen LogP contribution in [0, 0.1) is 17.9 Å². The smallest absolute Gasteiger partial charge is 0.188 e. The molecular formula is C38H19N3S2. The molecule has 0 amide bonds. The monoisotopic (exact) mass is 581 g/mol. The van der Waals surface area contributed by atoms with E-state index in [4.69, 9.17) is 6.57 Å². The van der Waals surface area contributed by atoms with Crippen molar-refractivity contribution in [2.75, 3.05) is 0 Å². The molecule has 198 valence electrons. The highest BCUT2D eigenvalue weighted by Gasteiger charge is 2.20. The highest BCUT2D eigenvalue weighted by atomic mass is 32.1. The minimum atomic E-state index is 0.603. The first-order valence-corrected chi connectivity index (χ1v) is 15.6. The largest absolute Gasteiger partial charge is 0.307 e. The summed E-state index contributed by atoms with van der Waals surface area (Å²) >= 11 is 3.73. The number of nitrogens with zero attached hydrogens (tertiary/aromatic N) is 3. The average molecular weight is 582 g/mol. The Kier molecular flexibility index (Phi) is 5.07. The predicted octanol–water partition coefficient (Wildman–Crippen LogP) is 11.6. The number of para-hydroxylation sites is 2. The zero-order chi connectivity index (χ0) is 28.7. The normalized spacial score (nSPS) is 11.7. The topological polar surface area (TPSA) is 33.1 Å². The molecule has 43 heavy (non-hydrogen) atoms. The Bertz CT molecular complexity index is 2710. The summed E-state index contributed by atoms with van der Waals surface area (Å²) in [5.74, 6) is 0. The maximum atomic E-state index is 10.4. The van der Waals surface area contributed by atoms with Gasteiger partial charge in [-0.15, -0.1) is 22.7 Å². The molecule has 3 aromatic heterocycles. The minimum absolute atomic E-state index is 0.603. The van der Waals surface area contributed by atoms with Gasteiger partial charge in [0.15, 0.2) is 5.69 Å². The number of hydrogen-bond acceptors (Lipinski definition) is 3. The summed E-state index contributed by atoms with van der Waals surface area (Å²) < 4.78 is 7.44. The van der Waals surface area contributed by atoms with Crippen molar-refractivity contribution < 1.29 is 0 Å². The molecule has 0 saturated heterocycles. The molecule has 0 aliphatic rings. The summed E-state index contributed by atoms with van der Waals surface area (Å²) in [4.78, 5) is 3.68. The molecule has 0 atom stereocenters. The molecule has 3 nitrogen and oxygen atoms in total. The number of fused-ring (bicyclic) bond motifs is 10. The fourth-order valence-electron chi connectivity index (χ4n) is 6.56. The molecule has 0 bridgehead atoms. The van der Waals surface area contributed by atoms with Crippen molar-refractivity contribution in [3.8, 4) is 22.9 Å². The Morgan fingerprint density at radius 3 is 2.14 bits per heavy atom. The van der Waals surface area contributed by atoms with E-state index in [1.54, 1.807) is 0 Å². The molecule has 3 heterocycles. The number of nitriles is 1. The lowest BCUT2D eigenvalue weighted by atomic mass is 9.98. The number of hydrogen-bond donors (Lipinski definition) is 0. The second-order valence-corrected chi connectivity index (χ2v) is 12.8. The molecule has 0 aliphatic carbocycles. The van der Waals surface area contributed by atoms with Crippen LogP contribution < -0.4 is 0 Å². The second kappa shape index (κ2) is 9.02. The molecule has 9 aromatic rings. The summed E-state index contributed by atoms with van der Waals surface area (Å²) in [6, 6.07) is 42.4. The van der Waals surface area contributed by atoms with E-state index >= 15 is 0 Å². The van der Waals surface area contributed by atoms with Crippen LogP contribution in [-0.4, -0.2) is 4.57 Å². The van der Waals surface area contributed by atoms with Gasteiger partial charge in [-0.2, -0.15) is 5.26 Å². The van der Waals surface area contributed by atoms with Crippen molar-refractivity contribution in [1.82, 2.24) is 4.57 Å². The highest BCUT2D eigenvalue weighted by molar-refractivity contribution is 7.33. The third-order valence-electron chi connectivity index (χ3n) is 8.46. The third-order valence-corrected chi connectivity index (χ3v) is 11.0. The number of benzene rings is 6. The van der Waals surface area contributed by atoms with Gasteiger partial charge in [-0.25, -0.2) is 4.85 Å². The number of rotatable bonds is 2. The van der Waals surface area contributed by atoms with Crippen molar-refractivity contribution in [2.45, 2.75) is 0 Å². The molecule has 0 N–H and O–H groups in total. The van der Waals surface area contributed by atoms with E-state index in [-0.39, 0.29) is 0 Å². The van der Waals surface area contributed by atoms with Crippen LogP contribution in [0.15, 0.2) is 115 Å². The maximum absolute atomic E-state index is 10.4. The predicted molar refractivity (Wildman–Crippen MR) is 183 cm³/mol. The first-order chi connectivity index (χ1) is 21.2. The highest BCUT2D eigenvalue weighted by Crippen LogP contribution is 2.46. The first-order valence-electron chi connectivity index (χ1n) is 13.9. The van der Waals surface area contributed by atoms with Gasteiger partial charge in [-0.05, 0) is 53.4 Å². The van der Waals surface area contributed by atoms with Crippen LogP contribution in [0.4, 0.5) is 5.69 Å². The van der Waals surface area contributed by atoms with Gasteiger partial charge in [0.2, 0.25) is 0 Å². The van der Waals surface area contributed by atoms with E-state index in [1.807, 2.05) is 65.1 Å². The van der Waals surface area contributed by atoms with Gasteiger partial charge < -0.3 is 4.57 Å². The summed E-state index contributed by atoms with van der Waals surface area (Å²) in [6.07, 6.45) is 0. The van der Waals surface area contributed by atoms with Gasteiger partial charge in [-0.3, -0.25) is 0 Å². The lowest BCUT2D eigenvalue weighted by Crippen LogP contribution is -2.00. The van der Waals surface area contributed by atoms with E-state index < -0.39 is 0 Å². The van der Waals surface area contributed by atoms with E-state index in [0.717, 1.165) is 38.6 Å². The summed E-state index contributed by atoms with van der Waals surface area (Å²) in [6.45, 7) is 7.57. The van der Waals surface area contributed by atoms with E-state index in [1.165, 1.54) is 40.3 Å². The molecule has 0 unspecified atom stereocenters. The van der Waals surface area contributed by atoms with Gasteiger partial charge in [0, 0.05) is 41.9 Å². The van der Waals surface area contributed by atoms with Crippen molar-refractivity contribution in [3.63, 3.8) is 0 Å². The standard InChI is InChI=1S/C38H19N3S2/c1-40-24-14-17-33-30(20-24)26-8-2-4-11-32(26)41(33)36-23(21-39)7-6-10-25(36)22-13-18-35-31(19-22)29-16-15-28-27-9-3-5-12-34(27)42-37(28)38(29)43-35/h2-20H. The number of thiophene rings is 2. The molecular weight excluding hydrogens is 563 g/mol. The fourth-order valence-corrected chi connectivity index (χ4v) is 9.08. The van der Waals surface area contributed by atoms with Crippen LogP contribution in [-0.2, 0) is 0 Å². The van der Waals surface area contributed by atoms with Crippen LogP contribution in [0.1, 0.15) is 5.56 Å². The third kappa shape index (κ3) is 3.38. The van der Waals surface area contributed by atoms with Crippen LogP contribution in [0.2, 0.25) is 0 Å². The van der Waals surface area contributed by atoms with Gasteiger partial charge in [0.1, 0.15) is 6.07 Å². The molecule has 0 saturated carbocycles. The van der Waals surface area contributed by atoms with Gasteiger partial charge in [0.25, 0.3) is 0 Å². The van der Waals surface area contributed by atoms with Crippen molar-refractivity contribution in [3.05, 3.63) is 132 Å². The molecule has 0 fully saturated rings. The van der Waals surface area contributed by atoms with Crippen LogP contribution >= 0.6 is 22.7 Å². The average Bonchev–Trinajstić information content (AvgIpc) is 3.73. The Morgan fingerprint density at radius 2 is 1.33 bits per heavy atom. The molecule has 0 spiro atoms. The van der Waals surface area contributed by atoms with Crippen LogP contribution in [0.25, 0.3) is 83.8 Å². The van der Waals surface area contributed by atoms with Gasteiger partial charge in [0.05, 0.1) is 38.3 Å². The van der Waals surface area contributed by atoms with Crippen LogP contribution in [0.3, 0.4) is 0 Å². The van der Waals surface area contributed by atoms with Crippen LogP contribution in [0.5, 0.6) is 0 Å². The quantitative estimate of drug-likeness (QED) is 0.187. The molecule has 9 rings (SSSR count). The summed E-state index contributed by atoms with van der Waals surface area (Å²) in [5.41, 5.74) is 6.13. The Hall–Kier alpha value is -5.46. The van der Waals surface area contributed by atoms with E-state index in [0.29, 0.717) is 11.3 Å². The van der Waals surface area contributed by atoms with Gasteiger partial charge >= 0.3 is 0 Å². The number of aromatic nitrogens is 1. The zero-order valence-electron chi connectivity index (χ0n) is 22.6.